The van der Waals surface area contributed by atoms with E-state index in [2.05, 4.69) is 10.6 Å². The van der Waals surface area contributed by atoms with Crippen LogP contribution in [0.2, 0.25) is 0 Å². The van der Waals surface area contributed by atoms with Crippen molar-refractivity contribution < 1.29 is 9.18 Å². The number of nitrogens with one attached hydrogen (secondary N) is 2. The number of hydrogen-bond acceptors (Lipinski definition) is 3. The summed E-state index contributed by atoms with van der Waals surface area (Å²) in [6, 6.07) is 4.54. The molecule has 1 heterocycles. The van der Waals surface area contributed by atoms with Crippen LogP contribution in [0.25, 0.3) is 0 Å². The summed E-state index contributed by atoms with van der Waals surface area (Å²) < 4.78 is 13.4. The Morgan fingerprint density at radius 1 is 1.56 bits per heavy atom. The van der Waals surface area contributed by atoms with Gasteiger partial charge >= 0.3 is 0 Å². The van der Waals surface area contributed by atoms with Crippen LogP contribution < -0.4 is 10.6 Å². The smallest absolute Gasteiger partial charge is 0.251 e. The van der Waals surface area contributed by atoms with E-state index in [1.165, 1.54) is 12.1 Å². The fraction of sp³-hybridized carbons (Fsp3) is 0.462. The lowest BCUT2D eigenvalue weighted by atomic mass is 10.0. The SMILES string of the molecule is CSCc1cc(C(=O)NCC2CNC2)ccc1F. The standard InChI is InChI=1S/C13H17FN2OS/c1-18-8-11-4-10(2-3-12(11)14)13(17)16-7-9-5-15-6-9/h2-4,9,15H,5-8H2,1H3,(H,16,17). The van der Waals surface area contributed by atoms with Crippen LogP contribution in [0.3, 0.4) is 0 Å². The van der Waals surface area contributed by atoms with Crippen molar-refractivity contribution >= 4 is 17.7 Å². The minimum atomic E-state index is -0.246. The molecule has 18 heavy (non-hydrogen) atoms. The first-order valence-electron chi connectivity index (χ1n) is 5.97. The molecule has 1 fully saturated rings. The molecule has 0 spiro atoms. The van der Waals surface area contributed by atoms with Gasteiger partial charge in [0.1, 0.15) is 5.82 Å². The predicted molar refractivity (Wildman–Crippen MR) is 72.3 cm³/mol. The van der Waals surface area contributed by atoms with Crippen molar-refractivity contribution in [2.75, 3.05) is 25.9 Å². The first-order valence-corrected chi connectivity index (χ1v) is 7.36. The fourth-order valence-electron chi connectivity index (χ4n) is 1.81. The van der Waals surface area contributed by atoms with E-state index in [0.717, 1.165) is 13.1 Å². The van der Waals surface area contributed by atoms with Crippen molar-refractivity contribution in [2.24, 2.45) is 5.92 Å². The van der Waals surface area contributed by atoms with Crippen LogP contribution in [-0.2, 0) is 5.75 Å². The van der Waals surface area contributed by atoms with Crippen molar-refractivity contribution in [3.63, 3.8) is 0 Å². The van der Waals surface area contributed by atoms with Crippen LogP contribution in [-0.4, -0.2) is 31.8 Å². The average molecular weight is 268 g/mol. The molecule has 5 heteroatoms. The summed E-state index contributed by atoms with van der Waals surface area (Å²) in [6.45, 7) is 2.60. The quantitative estimate of drug-likeness (QED) is 0.853. The average Bonchev–Trinajstić information content (AvgIpc) is 2.30. The highest BCUT2D eigenvalue weighted by Gasteiger charge is 2.17. The molecule has 1 aromatic carbocycles. The zero-order valence-electron chi connectivity index (χ0n) is 10.3. The molecule has 1 saturated heterocycles. The molecule has 0 radical (unpaired) electrons. The van der Waals surface area contributed by atoms with Crippen LogP contribution in [0.15, 0.2) is 18.2 Å². The summed E-state index contributed by atoms with van der Waals surface area (Å²) in [5.41, 5.74) is 1.12. The van der Waals surface area contributed by atoms with E-state index in [4.69, 9.17) is 0 Å². The fourth-order valence-corrected chi connectivity index (χ4v) is 2.35. The van der Waals surface area contributed by atoms with Gasteiger partial charge in [0, 0.05) is 36.9 Å². The Kier molecular flexibility index (Phi) is 4.60. The Hall–Kier alpha value is -1.07. The van der Waals surface area contributed by atoms with Gasteiger partial charge in [-0.3, -0.25) is 4.79 Å². The maximum absolute atomic E-state index is 13.4. The van der Waals surface area contributed by atoms with Gasteiger partial charge in [0.15, 0.2) is 0 Å². The number of carbonyl (C=O) groups is 1. The van der Waals surface area contributed by atoms with Gasteiger partial charge < -0.3 is 10.6 Å². The summed E-state index contributed by atoms with van der Waals surface area (Å²) in [6.07, 6.45) is 1.91. The number of hydrogen-bond donors (Lipinski definition) is 2. The maximum Gasteiger partial charge on any atom is 0.251 e. The Morgan fingerprint density at radius 3 is 2.94 bits per heavy atom. The summed E-state index contributed by atoms with van der Waals surface area (Å²) in [4.78, 5) is 11.9. The molecule has 1 aliphatic rings. The first-order chi connectivity index (χ1) is 8.70. The van der Waals surface area contributed by atoms with E-state index in [0.29, 0.717) is 29.3 Å². The Labute approximate surface area is 111 Å². The van der Waals surface area contributed by atoms with Gasteiger partial charge in [0.05, 0.1) is 0 Å². The van der Waals surface area contributed by atoms with Gasteiger partial charge in [-0.1, -0.05) is 0 Å². The van der Waals surface area contributed by atoms with Gasteiger partial charge in [-0.2, -0.15) is 11.8 Å². The molecular formula is C13H17FN2OS. The van der Waals surface area contributed by atoms with Gasteiger partial charge in [0.2, 0.25) is 0 Å². The van der Waals surface area contributed by atoms with Crippen molar-refractivity contribution in [3.8, 4) is 0 Å². The largest absolute Gasteiger partial charge is 0.352 e. The number of thioether (sulfide) groups is 1. The normalized spacial score (nSPS) is 15.2. The Balaban J connectivity index is 1.97. The predicted octanol–water partition coefficient (Wildman–Crippen LogP) is 1.64. The number of benzene rings is 1. The van der Waals surface area contributed by atoms with E-state index >= 15 is 0 Å². The zero-order chi connectivity index (χ0) is 13.0. The van der Waals surface area contributed by atoms with Crippen LogP contribution in [0.4, 0.5) is 4.39 Å². The molecule has 0 aliphatic carbocycles. The van der Waals surface area contributed by atoms with Crippen molar-refractivity contribution in [1.82, 2.24) is 10.6 Å². The molecule has 1 amide bonds. The second kappa shape index (κ2) is 6.20. The van der Waals surface area contributed by atoms with E-state index < -0.39 is 0 Å². The van der Waals surface area contributed by atoms with Gasteiger partial charge in [0.25, 0.3) is 5.91 Å². The molecule has 0 saturated carbocycles. The summed E-state index contributed by atoms with van der Waals surface area (Å²) in [5.74, 6) is 0.743. The molecule has 0 unspecified atom stereocenters. The molecule has 0 atom stereocenters. The highest BCUT2D eigenvalue weighted by molar-refractivity contribution is 7.97. The minimum absolute atomic E-state index is 0.121. The molecule has 0 aromatic heterocycles. The van der Waals surface area contributed by atoms with E-state index in [1.54, 1.807) is 17.8 Å². The molecule has 3 nitrogen and oxygen atoms in total. The lowest BCUT2D eigenvalue weighted by Gasteiger charge is -2.27. The first kappa shape index (κ1) is 13.4. The number of carbonyl (C=O) groups excluding carboxylic acids is 1. The molecule has 2 N–H and O–H groups in total. The maximum atomic E-state index is 13.4. The van der Waals surface area contributed by atoms with Crippen LogP contribution >= 0.6 is 11.8 Å². The van der Waals surface area contributed by atoms with Gasteiger partial charge in [-0.25, -0.2) is 4.39 Å². The second-order valence-electron chi connectivity index (χ2n) is 4.47. The van der Waals surface area contributed by atoms with E-state index in [-0.39, 0.29) is 11.7 Å². The monoisotopic (exact) mass is 268 g/mol. The number of rotatable bonds is 5. The van der Waals surface area contributed by atoms with Gasteiger partial charge in [-0.05, 0) is 30.0 Å². The van der Waals surface area contributed by atoms with Crippen molar-refractivity contribution in [2.45, 2.75) is 5.75 Å². The third-order valence-electron chi connectivity index (χ3n) is 3.03. The van der Waals surface area contributed by atoms with Crippen molar-refractivity contribution in [1.29, 1.82) is 0 Å². The van der Waals surface area contributed by atoms with Crippen molar-refractivity contribution in [3.05, 3.63) is 35.1 Å². The third kappa shape index (κ3) is 3.23. The zero-order valence-corrected chi connectivity index (χ0v) is 11.1. The summed E-state index contributed by atoms with van der Waals surface area (Å²) >= 11 is 1.54. The summed E-state index contributed by atoms with van der Waals surface area (Å²) in [7, 11) is 0. The molecule has 1 aromatic rings. The lowest BCUT2D eigenvalue weighted by Crippen LogP contribution is -2.48. The summed E-state index contributed by atoms with van der Waals surface area (Å²) in [5, 5.41) is 6.04. The second-order valence-corrected chi connectivity index (χ2v) is 5.34. The van der Waals surface area contributed by atoms with E-state index in [9.17, 15) is 9.18 Å². The molecular weight excluding hydrogens is 251 g/mol. The molecule has 2 rings (SSSR count). The molecule has 98 valence electrons. The van der Waals surface area contributed by atoms with E-state index in [1.807, 2.05) is 6.26 Å². The molecule has 0 bridgehead atoms. The minimum Gasteiger partial charge on any atom is -0.352 e. The van der Waals surface area contributed by atoms with Crippen LogP contribution in [0.5, 0.6) is 0 Å². The third-order valence-corrected chi connectivity index (χ3v) is 3.62. The number of amides is 1. The Morgan fingerprint density at radius 2 is 2.33 bits per heavy atom. The number of halogens is 1. The molecule has 1 aliphatic heterocycles. The van der Waals surface area contributed by atoms with Gasteiger partial charge in [-0.15, -0.1) is 0 Å². The highest BCUT2D eigenvalue weighted by atomic mass is 32.2. The highest BCUT2D eigenvalue weighted by Crippen LogP contribution is 2.16. The lowest BCUT2D eigenvalue weighted by molar-refractivity contribution is 0.0942. The topological polar surface area (TPSA) is 41.1 Å². The van der Waals surface area contributed by atoms with Crippen LogP contribution in [0, 0.1) is 11.7 Å². The Bertz CT molecular complexity index is 435. The van der Waals surface area contributed by atoms with Crippen LogP contribution in [0.1, 0.15) is 15.9 Å².